The molecule has 1 heterocycles. The number of benzene rings is 4. The largest absolute Gasteiger partial charge is 0.172 e. The molecular formula is C28H16N2S. The predicted octanol–water partition coefficient (Wildman–Crippen LogP) is 6.16. The fourth-order valence-corrected chi connectivity index (χ4v) is 3.82. The molecule has 0 saturated carbocycles. The second kappa shape index (κ2) is 8.67. The summed E-state index contributed by atoms with van der Waals surface area (Å²) >= 11 is 1.19. The topological polar surface area (TPSA) is 25.8 Å². The minimum absolute atomic E-state index is 0.804. The van der Waals surface area contributed by atoms with Crippen molar-refractivity contribution < 1.29 is 0 Å². The van der Waals surface area contributed by atoms with Gasteiger partial charge < -0.3 is 0 Å². The Bertz CT molecular complexity index is 1460. The van der Waals surface area contributed by atoms with Gasteiger partial charge in [-0.05, 0) is 47.5 Å². The maximum absolute atomic E-state index is 4.46. The monoisotopic (exact) mass is 412 g/mol. The first-order valence-corrected chi connectivity index (χ1v) is 10.6. The first kappa shape index (κ1) is 18.8. The zero-order valence-corrected chi connectivity index (χ0v) is 17.4. The smallest absolute Gasteiger partial charge is 0.121 e. The summed E-state index contributed by atoms with van der Waals surface area (Å²) < 4.78 is 8.91. The van der Waals surface area contributed by atoms with Crippen molar-refractivity contribution in [2.75, 3.05) is 0 Å². The minimum atomic E-state index is 0.804. The fraction of sp³-hybridized carbons (Fsp3) is 0. The van der Waals surface area contributed by atoms with Crippen LogP contribution >= 0.6 is 11.7 Å². The molecule has 0 fully saturated rings. The molecule has 0 aliphatic carbocycles. The van der Waals surface area contributed by atoms with Crippen molar-refractivity contribution >= 4 is 22.8 Å². The molecule has 0 N–H and O–H groups in total. The van der Waals surface area contributed by atoms with Gasteiger partial charge >= 0.3 is 0 Å². The fourth-order valence-electron chi connectivity index (χ4n) is 3.25. The van der Waals surface area contributed by atoms with E-state index < -0.39 is 0 Å². The van der Waals surface area contributed by atoms with Gasteiger partial charge in [-0.25, -0.2) is 0 Å². The van der Waals surface area contributed by atoms with E-state index in [1.165, 1.54) is 22.9 Å². The van der Waals surface area contributed by atoms with Crippen LogP contribution in [0, 0.1) is 23.7 Å². The first-order chi connectivity index (χ1) is 15.4. The highest BCUT2D eigenvalue weighted by molar-refractivity contribution is 7.00. The molecule has 0 radical (unpaired) electrons. The van der Waals surface area contributed by atoms with Crippen LogP contribution in [-0.4, -0.2) is 8.75 Å². The molecule has 0 saturated heterocycles. The summed E-state index contributed by atoms with van der Waals surface area (Å²) in [7, 11) is 0. The van der Waals surface area contributed by atoms with Crippen LogP contribution in [0.5, 0.6) is 0 Å². The van der Waals surface area contributed by atoms with Crippen molar-refractivity contribution in [1.29, 1.82) is 0 Å². The zero-order chi connectivity index (χ0) is 20.9. The molecule has 0 aliphatic rings. The Kier molecular flexibility index (Phi) is 5.27. The molecule has 0 bridgehead atoms. The zero-order valence-electron chi connectivity index (χ0n) is 16.5. The third-order valence-corrected chi connectivity index (χ3v) is 5.39. The summed E-state index contributed by atoms with van der Waals surface area (Å²) in [5.74, 6) is 12.9. The predicted molar refractivity (Wildman–Crippen MR) is 128 cm³/mol. The van der Waals surface area contributed by atoms with Gasteiger partial charge in [0, 0.05) is 11.1 Å². The van der Waals surface area contributed by atoms with E-state index in [4.69, 9.17) is 0 Å². The van der Waals surface area contributed by atoms with Crippen LogP contribution in [0.2, 0.25) is 0 Å². The van der Waals surface area contributed by atoms with Gasteiger partial charge in [-0.1, -0.05) is 84.3 Å². The van der Waals surface area contributed by atoms with E-state index in [9.17, 15) is 0 Å². The number of nitrogens with zero attached hydrogens (tertiary/aromatic N) is 2. The molecule has 0 aliphatic heterocycles. The molecular weight excluding hydrogens is 396 g/mol. The number of fused-ring (bicyclic) bond motifs is 1. The van der Waals surface area contributed by atoms with E-state index in [1.807, 2.05) is 72.8 Å². The minimum Gasteiger partial charge on any atom is -0.172 e. The summed E-state index contributed by atoms with van der Waals surface area (Å²) in [6, 6.07) is 32.5. The van der Waals surface area contributed by atoms with Crippen molar-refractivity contribution in [1.82, 2.24) is 8.75 Å². The summed E-state index contributed by atoms with van der Waals surface area (Å²) in [6.07, 6.45) is 0. The Labute approximate surface area is 185 Å². The Balaban J connectivity index is 1.43. The number of aromatic nitrogens is 2. The van der Waals surface area contributed by atoms with Gasteiger partial charge in [-0.15, -0.1) is 0 Å². The van der Waals surface area contributed by atoms with Crippen LogP contribution in [0.1, 0.15) is 22.3 Å². The lowest BCUT2D eigenvalue weighted by Crippen LogP contribution is -1.85. The second-order valence-corrected chi connectivity index (χ2v) is 7.46. The Morgan fingerprint density at radius 3 is 1.52 bits per heavy atom. The highest BCUT2D eigenvalue weighted by Gasteiger charge is 2.07. The number of hydrogen-bond donors (Lipinski definition) is 0. The van der Waals surface area contributed by atoms with Crippen molar-refractivity contribution in [3.63, 3.8) is 0 Å². The third-order valence-electron chi connectivity index (χ3n) is 4.86. The molecule has 144 valence electrons. The second-order valence-electron chi connectivity index (χ2n) is 6.93. The highest BCUT2D eigenvalue weighted by Crippen LogP contribution is 2.21. The van der Waals surface area contributed by atoms with Gasteiger partial charge in [-0.3, -0.25) is 0 Å². The third kappa shape index (κ3) is 4.23. The standard InChI is InChI=1S/C28H16N2S/c1-3-7-21(8-4-1)13-17-25-19-20-26(28-27(25)29-31-30-28)18-14-22-11-15-24(16-12-22)23-9-5-2-6-10-23/h1-12,15-16,19-20H. The summed E-state index contributed by atoms with van der Waals surface area (Å²) in [4.78, 5) is 0. The molecule has 0 atom stereocenters. The Morgan fingerprint density at radius 2 is 0.935 bits per heavy atom. The lowest BCUT2D eigenvalue weighted by Gasteiger charge is -2.01. The molecule has 5 aromatic rings. The van der Waals surface area contributed by atoms with Crippen molar-refractivity contribution in [3.8, 4) is 34.8 Å². The molecule has 0 amide bonds. The molecule has 4 aromatic carbocycles. The molecule has 0 spiro atoms. The van der Waals surface area contributed by atoms with Crippen molar-refractivity contribution in [2.45, 2.75) is 0 Å². The van der Waals surface area contributed by atoms with Crippen LogP contribution < -0.4 is 0 Å². The van der Waals surface area contributed by atoms with Crippen LogP contribution in [0.4, 0.5) is 0 Å². The first-order valence-electron chi connectivity index (χ1n) is 9.87. The summed E-state index contributed by atoms with van der Waals surface area (Å²) in [5.41, 5.74) is 7.65. The van der Waals surface area contributed by atoms with E-state index in [1.54, 1.807) is 0 Å². The highest BCUT2D eigenvalue weighted by atomic mass is 32.1. The molecule has 5 rings (SSSR count). The lowest BCUT2D eigenvalue weighted by molar-refractivity contribution is 1.57. The van der Waals surface area contributed by atoms with E-state index in [0.717, 1.165) is 33.3 Å². The quantitative estimate of drug-likeness (QED) is 0.308. The number of rotatable bonds is 1. The Hall–Kier alpha value is -4.18. The number of hydrogen-bond acceptors (Lipinski definition) is 3. The SMILES string of the molecule is C(#Cc1ccc(C#Cc2ccc(-c3ccccc3)cc2)c2nsnc12)c1ccccc1. The van der Waals surface area contributed by atoms with Crippen molar-refractivity contribution in [3.05, 3.63) is 119 Å². The average Bonchev–Trinajstić information content (AvgIpc) is 3.34. The lowest BCUT2D eigenvalue weighted by atomic mass is 10.0. The average molecular weight is 413 g/mol. The normalized spacial score (nSPS) is 10.1. The van der Waals surface area contributed by atoms with E-state index in [-0.39, 0.29) is 0 Å². The van der Waals surface area contributed by atoms with Gasteiger partial charge in [0.05, 0.1) is 22.9 Å². The molecule has 3 heteroatoms. The van der Waals surface area contributed by atoms with Gasteiger partial charge in [0.25, 0.3) is 0 Å². The van der Waals surface area contributed by atoms with Crippen LogP contribution in [0.15, 0.2) is 97.1 Å². The summed E-state index contributed by atoms with van der Waals surface area (Å²) in [6.45, 7) is 0. The molecule has 2 nitrogen and oxygen atoms in total. The maximum Gasteiger partial charge on any atom is 0.121 e. The van der Waals surface area contributed by atoms with Crippen molar-refractivity contribution in [2.24, 2.45) is 0 Å². The van der Waals surface area contributed by atoms with Gasteiger partial charge in [0.1, 0.15) is 11.0 Å². The van der Waals surface area contributed by atoms with Crippen LogP contribution in [0.3, 0.4) is 0 Å². The molecule has 1 aromatic heterocycles. The summed E-state index contributed by atoms with van der Waals surface area (Å²) in [5, 5.41) is 0. The van der Waals surface area contributed by atoms with Gasteiger partial charge in [0.2, 0.25) is 0 Å². The maximum atomic E-state index is 4.46. The van der Waals surface area contributed by atoms with E-state index in [2.05, 4.69) is 56.7 Å². The van der Waals surface area contributed by atoms with E-state index in [0.29, 0.717) is 0 Å². The van der Waals surface area contributed by atoms with Crippen LogP contribution in [-0.2, 0) is 0 Å². The van der Waals surface area contributed by atoms with Gasteiger partial charge in [0.15, 0.2) is 0 Å². The Morgan fingerprint density at radius 1 is 0.452 bits per heavy atom. The van der Waals surface area contributed by atoms with Crippen LogP contribution in [0.25, 0.3) is 22.2 Å². The molecule has 0 unspecified atom stereocenters. The molecule has 31 heavy (non-hydrogen) atoms. The van der Waals surface area contributed by atoms with E-state index >= 15 is 0 Å². The van der Waals surface area contributed by atoms with Gasteiger partial charge in [-0.2, -0.15) is 8.75 Å².